The van der Waals surface area contributed by atoms with Crippen LogP contribution in [0.25, 0.3) is 0 Å². The van der Waals surface area contributed by atoms with Gasteiger partial charge in [-0.3, -0.25) is 0 Å². The Morgan fingerprint density at radius 3 is 2.35 bits per heavy atom. The van der Waals surface area contributed by atoms with Crippen molar-refractivity contribution in [2.75, 3.05) is 11.9 Å². The van der Waals surface area contributed by atoms with Gasteiger partial charge in [-0.25, -0.2) is 0 Å². The van der Waals surface area contributed by atoms with Crippen molar-refractivity contribution in [3.8, 4) is 0 Å². The van der Waals surface area contributed by atoms with Crippen LogP contribution in [0.2, 0.25) is 0 Å². The minimum absolute atomic E-state index is 0.205. The highest BCUT2D eigenvalue weighted by Gasteiger charge is 2.11. The second-order valence-corrected chi connectivity index (χ2v) is 5.57. The van der Waals surface area contributed by atoms with Gasteiger partial charge in [0.2, 0.25) is 0 Å². The maximum absolute atomic E-state index is 5.84. The van der Waals surface area contributed by atoms with Crippen LogP contribution in [-0.2, 0) is 0 Å². The van der Waals surface area contributed by atoms with E-state index in [0.29, 0.717) is 6.54 Å². The van der Waals surface area contributed by atoms with Crippen LogP contribution in [0.1, 0.15) is 21.4 Å². The second kappa shape index (κ2) is 5.34. The average molecular weight is 246 g/mol. The summed E-state index contributed by atoms with van der Waals surface area (Å²) in [5.74, 6) is 0. The van der Waals surface area contributed by atoms with E-state index < -0.39 is 0 Å². The fourth-order valence-corrected chi connectivity index (χ4v) is 2.68. The highest BCUT2D eigenvalue weighted by molar-refractivity contribution is 7.12. The number of rotatable bonds is 4. The Balaban J connectivity index is 2.12. The third-order valence-corrected chi connectivity index (χ3v) is 3.85. The Bertz CT molecular complexity index is 473. The Labute approximate surface area is 106 Å². The molecule has 0 amide bonds. The van der Waals surface area contributed by atoms with Gasteiger partial charge in [0.15, 0.2) is 0 Å². The number of anilines is 1. The fourth-order valence-electron chi connectivity index (χ4n) is 1.74. The number of thiophene rings is 1. The van der Waals surface area contributed by atoms with Crippen LogP contribution in [-0.4, -0.2) is 6.54 Å². The second-order valence-electron chi connectivity index (χ2n) is 4.25. The van der Waals surface area contributed by atoms with Crippen molar-refractivity contribution >= 4 is 17.0 Å². The van der Waals surface area contributed by atoms with Crippen molar-refractivity contribution < 1.29 is 0 Å². The van der Waals surface area contributed by atoms with E-state index in [2.05, 4.69) is 55.6 Å². The monoisotopic (exact) mass is 246 g/mol. The van der Waals surface area contributed by atoms with Gasteiger partial charge in [0.25, 0.3) is 0 Å². The molecule has 90 valence electrons. The van der Waals surface area contributed by atoms with E-state index in [1.165, 1.54) is 15.3 Å². The predicted octanol–water partition coefficient (Wildman–Crippen LogP) is 3.48. The molecule has 2 aromatic rings. The third kappa shape index (κ3) is 3.08. The van der Waals surface area contributed by atoms with Gasteiger partial charge in [-0.05, 0) is 38.1 Å². The summed E-state index contributed by atoms with van der Waals surface area (Å²) >= 11 is 1.80. The fraction of sp³-hybridized carbons (Fsp3) is 0.286. The molecule has 0 spiro atoms. The van der Waals surface area contributed by atoms with E-state index >= 15 is 0 Å². The lowest BCUT2D eigenvalue weighted by Crippen LogP contribution is -2.19. The molecule has 0 aliphatic carbocycles. The van der Waals surface area contributed by atoms with E-state index in [1.807, 2.05) is 0 Å². The standard InChI is InChI=1S/C14H18N2S/c1-10-3-6-12(7-4-10)16-13(9-15)14-8-5-11(2)17-14/h3-8,13,16H,9,15H2,1-2H3. The Kier molecular flexibility index (Phi) is 3.82. The largest absolute Gasteiger partial charge is 0.376 e. The van der Waals surface area contributed by atoms with Crippen molar-refractivity contribution in [1.29, 1.82) is 0 Å². The summed E-state index contributed by atoms with van der Waals surface area (Å²) < 4.78 is 0. The smallest absolute Gasteiger partial charge is 0.0728 e. The molecule has 1 aromatic heterocycles. The van der Waals surface area contributed by atoms with Crippen molar-refractivity contribution in [2.45, 2.75) is 19.9 Å². The molecule has 0 saturated carbocycles. The zero-order chi connectivity index (χ0) is 12.3. The van der Waals surface area contributed by atoms with Gasteiger partial charge in [0.1, 0.15) is 0 Å². The first kappa shape index (κ1) is 12.1. The van der Waals surface area contributed by atoms with E-state index in [9.17, 15) is 0 Å². The van der Waals surface area contributed by atoms with Gasteiger partial charge >= 0.3 is 0 Å². The van der Waals surface area contributed by atoms with Gasteiger partial charge < -0.3 is 11.1 Å². The molecule has 0 bridgehead atoms. The van der Waals surface area contributed by atoms with Crippen LogP contribution < -0.4 is 11.1 Å². The first-order chi connectivity index (χ1) is 8.19. The van der Waals surface area contributed by atoms with Gasteiger partial charge in [0.05, 0.1) is 6.04 Å². The van der Waals surface area contributed by atoms with Crippen LogP contribution in [0.5, 0.6) is 0 Å². The highest BCUT2D eigenvalue weighted by atomic mass is 32.1. The van der Waals surface area contributed by atoms with Crippen molar-refractivity contribution in [3.63, 3.8) is 0 Å². The minimum atomic E-state index is 0.205. The van der Waals surface area contributed by atoms with Gasteiger partial charge in [0, 0.05) is 22.0 Å². The zero-order valence-corrected chi connectivity index (χ0v) is 11.1. The lowest BCUT2D eigenvalue weighted by molar-refractivity contribution is 0.806. The lowest BCUT2D eigenvalue weighted by Gasteiger charge is -2.16. The molecule has 1 aromatic carbocycles. The SMILES string of the molecule is Cc1ccc(NC(CN)c2ccc(C)s2)cc1. The van der Waals surface area contributed by atoms with Crippen LogP contribution >= 0.6 is 11.3 Å². The lowest BCUT2D eigenvalue weighted by atomic mass is 10.2. The van der Waals surface area contributed by atoms with Gasteiger partial charge in [-0.15, -0.1) is 11.3 Å². The summed E-state index contributed by atoms with van der Waals surface area (Å²) in [6, 6.07) is 12.9. The molecule has 0 aliphatic heterocycles. The van der Waals surface area contributed by atoms with Crippen molar-refractivity contribution in [3.05, 3.63) is 51.7 Å². The molecule has 2 rings (SSSR count). The topological polar surface area (TPSA) is 38.0 Å². The molecule has 0 fully saturated rings. The van der Waals surface area contributed by atoms with Crippen molar-refractivity contribution in [1.82, 2.24) is 0 Å². The van der Waals surface area contributed by atoms with Crippen LogP contribution in [0.15, 0.2) is 36.4 Å². The van der Waals surface area contributed by atoms with E-state index in [4.69, 9.17) is 5.73 Å². The van der Waals surface area contributed by atoms with Crippen LogP contribution in [0.3, 0.4) is 0 Å². The summed E-state index contributed by atoms with van der Waals surface area (Å²) in [5, 5.41) is 3.47. The summed E-state index contributed by atoms with van der Waals surface area (Å²) in [7, 11) is 0. The molecule has 1 atom stereocenters. The molecule has 0 saturated heterocycles. The number of nitrogens with one attached hydrogen (secondary N) is 1. The molecule has 2 nitrogen and oxygen atoms in total. The summed E-state index contributed by atoms with van der Waals surface area (Å²) in [6.07, 6.45) is 0. The Hall–Kier alpha value is -1.32. The van der Waals surface area contributed by atoms with Crippen LogP contribution in [0, 0.1) is 13.8 Å². The molecule has 17 heavy (non-hydrogen) atoms. The molecule has 0 radical (unpaired) electrons. The van der Waals surface area contributed by atoms with E-state index in [0.717, 1.165) is 5.69 Å². The molecule has 1 unspecified atom stereocenters. The first-order valence-electron chi connectivity index (χ1n) is 5.78. The quantitative estimate of drug-likeness (QED) is 0.866. The van der Waals surface area contributed by atoms with Gasteiger partial charge in [-0.1, -0.05) is 17.7 Å². The average Bonchev–Trinajstić information content (AvgIpc) is 2.75. The summed E-state index contributed by atoms with van der Waals surface area (Å²) in [5.41, 5.74) is 8.23. The Morgan fingerprint density at radius 2 is 1.82 bits per heavy atom. The minimum Gasteiger partial charge on any atom is -0.376 e. The zero-order valence-electron chi connectivity index (χ0n) is 10.2. The number of benzene rings is 1. The third-order valence-electron chi connectivity index (χ3n) is 2.73. The molecule has 1 heterocycles. The molecule has 3 N–H and O–H groups in total. The number of hydrogen-bond acceptors (Lipinski definition) is 3. The number of hydrogen-bond donors (Lipinski definition) is 2. The van der Waals surface area contributed by atoms with Crippen molar-refractivity contribution in [2.24, 2.45) is 5.73 Å². The summed E-state index contributed by atoms with van der Waals surface area (Å²) in [6.45, 7) is 4.81. The maximum atomic E-state index is 5.84. The van der Waals surface area contributed by atoms with E-state index in [-0.39, 0.29) is 6.04 Å². The molecular formula is C14H18N2S. The highest BCUT2D eigenvalue weighted by Crippen LogP contribution is 2.25. The Morgan fingerprint density at radius 1 is 1.12 bits per heavy atom. The number of aryl methyl sites for hydroxylation is 2. The molecular weight excluding hydrogens is 228 g/mol. The summed E-state index contributed by atoms with van der Waals surface area (Å²) in [4.78, 5) is 2.62. The van der Waals surface area contributed by atoms with Crippen LogP contribution in [0.4, 0.5) is 5.69 Å². The van der Waals surface area contributed by atoms with E-state index in [1.54, 1.807) is 11.3 Å². The normalized spacial score (nSPS) is 12.4. The predicted molar refractivity (Wildman–Crippen MR) is 75.7 cm³/mol. The van der Waals surface area contributed by atoms with Gasteiger partial charge in [-0.2, -0.15) is 0 Å². The maximum Gasteiger partial charge on any atom is 0.0728 e. The molecule has 3 heteroatoms. The molecule has 0 aliphatic rings. The number of nitrogens with two attached hydrogens (primary N) is 1. The first-order valence-corrected chi connectivity index (χ1v) is 6.60.